The number of fused-ring (bicyclic) bond motifs is 1. The number of sulfone groups is 1. The van der Waals surface area contributed by atoms with Gasteiger partial charge in [0.1, 0.15) is 5.69 Å². The molecule has 1 atom stereocenters. The van der Waals surface area contributed by atoms with Gasteiger partial charge in [-0.1, -0.05) is 12.1 Å². The monoisotopic (exact) mass is 372 g/mol. The van der Waals surface area contributed by atoms with Gasteiger partial charge in [-0.15, -0.1) is 0 Å². The summed E-state index contributed by atoms with van der Waals surface area (Å²) < 4.78 is 24.8. The lowest BCUT2D eigenvalue weighted by atomic mass is 10.1. The van der Waals surface area contributed by atoms with Gasteiger partial charge < -0.3 is 5.32 Å². The molecule has 0 fully saturated rings. The standard InChI is InChI=1S/C18H20N4O3S/c1-11-9-17-20-16(10-12(2)22(17)21-11)18(23)19-13(3)14-5-7-15(8-6-14)26(4,24)25/h5-10,13H,1-4H3,(H,19,23)/t13-/m0/s1. The molecule has 8 heteroatoms. The first-order chi connectivity index (χ1) is 12.1. The van der Waals surface area contributed by atoms with E-state index in [0.29, 0.717) is 11.3 Å². The van der Waals surface area contributed by atoms with Crippen molar-refractivity contribution in [2.75, 3.05) is 6.26 Å². The summed E-state index contributed by atoms with van der Waals surface area (Å²) in [5.41, 5.74) is 3.40. The van der Waals surface area contributed by atoms with Crippen molar-refractivity contribution in [3.05, 3.63) is 59.0 Å². The molecule has 0 bridgehead atoms. The van der Waals surface area contributed by atoms with E-state index in [1.807, 2.05) is 26.8 Å². The van der Waals surface area contributed by atoms with Crippen molar-refractivity contribution in [3.8, 4) is 0 Å². The van der Waals surface area contributed by atoms with Crippen molar-refractivity contribution in [1.29, 1.82) is 0 Å². The maximum absolute atomic E-state index is 12.6. The van der Waals surface area contributed by atoms with Crippen molar-refractivity contribution in [2.24, 2.45) is 0 Å². The van der Waals surface area contributed by atoms with Crippen molar-refractivity contribution in [1.82, 2.24) is 19.9 Å². The van der Waals surface area contributed by atoms with Crippen LogP contribution in [0.2, 0.25) is 0 Å². The van der Waals surface area contributed by atoms with E-state index in [0.717, 1.165) is 23.2 Å². The zero-order valence-electron chi connectivity index (χ0n) is 15.0. The minimum absolute atomic E-state index is 0.249. The third kappa shape index (κ3) is 3.60. The topological polar surface area (TPSA) is 93.4 Å². The van der Waals surface area contributed by atoms with E-state index < -0.39 is 9.84 Å². The van der Waals surface area contributed by atoms with Gasteiger partial charge in [0.05, 0.1) is 16.6 Å². The van der Waals surface area contributed by atoms with Crippen LogP contribution in [-0.2, 0) is 9.84 Å². The molecule has 0 saturated carbocycles. The molecule has 3 rings (SSSR count). The molecule has 1 amide bonds. The fourth-order valence-corrected chi connectivity index (χ4v) is 3.34. The average molecular weight is 372 g/mol. The Balaban J connectivity index is 1.81. The molecule has 2 heterocycles. The van der Waals surface area contributed by atoms with E-state index >= 15 is 0 Å². The number of rotatable bonds is 4. The number of hydrogen-bond donors (Lipinski definition) is 1. The highest BCUT2D eigenvalue weighted by atomic mass is 32.2. The zero-order valence-corrected chi connectivity index (χ0v) is 15.8. The van der Waals surface area contributed by atoms with E-state index in [2.05, 4.69) is 15.4 Å². The smallest absolute Gasteiger partial charge is 0.270 e. The summed E-state index contributed by atoms with van der Waals surface area (Å²) in [5.74, 6) is -0.297. The third-order valence-electron chi connectivity index (χ3n) is 4.12. The first kappa shape index (κ1) is 18.1. The number of benzene rings is 1. The van der Waals surface area contributed by atoms with Crippen LogP contribution in [-0.4, -0.2) is 35.2 Å². The lowest BCUT2D eigenvalue weighted by Crippen LogP contribution is -2.27. The van der Waals surface area contributed by atoms with Gasteiger partial charge in [-0.25, -0.2) is 17.9 Å². The second-order valence-electron chi connectivity index (χ2n) is 6.37. The average Bonchev–Trinajstić information content (AvgIpc) is 2.95. The minimum atomic E-state index is -3.24. The molecule has 3 aromatic rings. The number of carbonyl (C=O) groups is 1. The number of hydrogen-bond acceptors (Lipinski definition) is 5. The zero-order chi connectivity index (χ0) is 19.1. The van der Waals surface area contributed by atoms with E-state index in [1.165, 1.54) is 12.1 Å². The van der Waals surface area contributed by atoms with Crippen molar-refractivity contribution >= 4 is 21.4 Å². The van der Waals surface area contributed by atoms with E-state index in [9.17, 15) is 13.2 Å². The lowest BCUT2D eigenvalue weighted by molar-refractivity contribution is 0.0935. The van der Waals surface area contributed by atoms with Crippen LogP contribution in [0.25, 0.3) is 5.65 Å². The summed E-state index contributed by atoms with van der Waals surface area (Å²) in [5, 5.41) is 7.21. The first-order valence-corrected chi connectivity index (χ1v) is 9.99. The van der Waals surface area contributed by atoms with Crippen LogP contribution < -0.4 is 5.32 Å². The quantitative estimate of drug-likeness (QED) is 0.758. The molecule has 1 N–H and O–H groups in total. The maximum Gasteiger partial charge on any atom is 0.270 e. The largest absolute Gasteiger partial charge is 0.344 e. The number of nitrogens with zero attached hydrogens (tertiary/aromatic N) is 3. The Hall–Kier alpha value is -2.74. The maximum atomic E-state index is 12.6. The molecular weight excluding hydrogens is 352 g/mol. The van der Waals surface area contributed by atoms with Crippen LogP contribution in [0.5, 0.6) is 0 Å². The molecule has 0 radical (unpaired) electrons. The van der Waals surface area contributed by atoms with E-state index in [-0.39, 0.29) is 16.8 Å². The molecular formula is C18H20N4O3S. The number of amides is 1. The molecule has 0 spiro atoms. The van der Waals surface area contributed by atoms with Crippen molar-refractivity contribution in [3.63, 3.8) is 0 Å². The van der Waals surface area contributed by atoms with Crippen molar-refractivity contribution < 1.29 is 13.2 Å². The second-order valence-corrected chi connectivity index (χ2v) is 8.39. The predicted molar refractivity (Wildman–Crippen MR) is 97.9 cm³/mol. The molecule has 0 aliphatic carbocycles. The molecule has 0 aliphatic rings. The van der Waals surface area contributed by atoms with Gasteiger partial charge in [-0.2, -0.15) is 5.10 Å². The predicted octanol–water partition coefficient (Wildman–Crippen LogP) is 2.24. The van der Waals surface area contributed by atoms with Crippen LogP contribution in [0.4, 0.5) is 0 Å². The Morgan fingerprint density at radius 1 is 1.15 bits per heavy atom. The van der Waals surface area contributed by atoms with Crippen LogP contribution in [0.3, 0.4) is 0 Å². The van der Waals surface area contributed by atoms with E-state index in [1.54, 1.807) is 22.7 Å². The molecule has 136 valence electrons. The number of aryl methyl sites for hydroxylation is 2. The summed E-state index contributed by atoms with van der Waals surface area (Å²) >= 11 is 0. The van der Waals surface area contributed by atoms with Gasteiger partial charge in [0.15, 0.2) is 15.5 Å². The molecule has 0 aliphatic heterocycles. The fraction of sp³-hybridized carbons (Fsp3) is 0.278. The highest BCUT2D eigenvalue weighted by molar-refractivity contribution is 7.90. The number of nitrogens with one attached hydrogen (secondary N) is 1. The summed E-state index contributed by atoms with van der Waals surface area (Å²) in [6.45, 7) is 5.57. The number of aromatic nitrogens is 3. The Kier molecular flexibility index (Phi) is 4.53. The third-order valence-corrected chi connectivity index (χ3v) is 5.24. The van der Waals surface area contributed by atoms with Gasteiger partial charge in [0.25, 0.3) is 5.91 Å². The van der Waals surface area contributed by atoms with Gasteiger partial charge in [-0.3, -0.25) is 4.79 Å². The summed E-state index contributed by atoms with van der Waals surface area (Å²) in [6.07, 6.45) is 1.16. The Morgan fingerprint density at radius 3 is 2.42 bits per heavy atom. The Bertz CT molecular complexity index is 1090. The molecule has 1 aromatic carbocycles. The highest BCUT2D eigenvalue weighted by Gasteiger charge is 2.16. The van der Waals surface area contributed by atoms with Crippen LogP contribution in [0.1, 0.15) is 40.4 Å². The van der Waals surface area contributed by atoms with Crippen LogP contribution in [0, 0.1) is 13.8 Å². The van der Waals surface area contributed by atoms with Gasteiger partial charge >= 0.3 is 0 Å². The second kappa shape index (κ2) is 6.53. The number of carbonyl (C=O) groups excluding carboxylic acids is 1. The lowest BCUT2D eigenvalue weighted by Gasteiger charge is -2.15. The molecule has 7 nitrogen and oxygen atoms in total. The normalized spacial score (nSPS) is 12.9. The Labute approximate surface area is 152 Å². The highest BCUT2D eigenvalue weighted by Crippen LogP contribution is 2.17. The summed E-state index contributed by atoms with van der Waals surface area (Å²) in [7, 11) is -3.24. The fourth-order valence-electron chi connectivity index (χ4n) is 2.71. The minimum Gasteiger partial charge on any atom is -0.344 e. The van der Waals surface area contributed by atoms with Crippen LogP contribution >= 0.6 is 0 Å². The first-order valence-electron chi connectivity index (χ1n) is 8.10. The molecule has 0 unspecified atom stereocenters. The van der Waals surface area contributed by atoms with Crippen LogP contribution in [0.15, 0.2) is 41.3 Å². The van der Waals surface area contributed by atoms with E-state index in [4.69, 9.17) is 0 Å². The van der Waals surface area contributed by atoms with Gasteiger partial charge in [-0.05, 0) is 44.5 Å². The molecule has 2 aromatic heterocycles. The Morgan fingerprint density at radius 2 is 1.81 bits per heavy atom. The summed E-state index contributed by atoms with van der Waals surface area (Å²) in [4.78, 5) is 17.2. The molecule has 0 saturated heterocycles. The molecule has 26 heavy (non-hydrogen) atoms. The van der Waals surface area contributed by atoms with Crippen molar-refractivity contribution in [2.45, 2.75) is 31.7 Å². The van der Waals surface area contributed by atoms with Gasteiger partial charge in [0.2, 0.25) is 0 Å². The van der Waals surface area contributed by atoms with Gasteiger partial charge in [0, 0.05) is 18.0 Å². The summed E-state index contributed by atoms with van der Waals surface area (Å²) in [6, 6.07) is 9.69. The SMILES string of the molecule is Cc1cc2nc(C(=O)N[C@@H](C)c3ccc(S(C)(=O)=O)cc3)cc(C)n2n1.